The maximum Gasteiger partial charge on any atom is 0.0378 e. The maximum atomic E-state index is 4.44. The Bertz CT molecular complexity index is 129. The van der Waals surface area contributed by atoms with E-state index in [9.17, 15) is 0 Å². The van der Waals surface area contributed by atoms with E-state index in [1.165, 1.54) is 25.0 Å². The van der Waals surface area contributed by atoms with Gasteiger partial charge in [-0.1, -0.05) is 6.92 Å². The van der Waals surface area contributed by atoms with Crippen molar-refractivity contribution in [3.8, 4) is 0 Å². The predicted octanol–water partition coefficient (Wildman–Crippen LogP) is 1.87. The van der Waals surface area contributed by atoms with Crippen molar-refractivity contribution >= 4 is 5.71 Å². The van der Waals surface area contributed by atoms with Crippen LogP contribution in [-0.4, -0.2) is 24.3 Å². The molecule has 0 amide bonds. The first kappa shape index (κ1) is 7.58. The van der Waals surface area contributed by atoms with Gasteiger partial charge in [-0.3, -0.25) is 0 Å². The van der Waals surface area contributed by atoms with Crippen LogP contribution in [0.1, 0.15) is 32.6 Å². The van der Waals surface area contributed by atoms with Gasteiger partial charge < -0.3 is 5.01 Å². The zero-order chi connectivity index (χ0) is 7.40. The van der Waals surface area contributed by atoms with Gasteiger partial charge in [-0.2, -0.15) is 5.10 Å². The van der Waals surface area contributed by atoms with Crippen molar-refractivity contribution in [1.29, 1.82) is 0 Å². The molecule has 0 unspecified atom stereocenters. The molecule has 58 valence electrons. The van der Waals surface area contributed by atoms with E-state index in [-0.39, 0.29) is 0 Å². The Hall–Kier alpha value is -0.530. The van der Waals surface area contributed by atoms with Crippen LogP contribution in [0.2, 0.25) is 0 Å². The van der Waals surface area contributed by atoms with E-state index in [4.69, 9.17) is 0 Å². The van der Waals surface area contributed by atoms with Crippen LogP contribution in [0, 0.1) is 0 Å². The molecule has 0 aromatic carbocycles. The molecule has 0 radical (unpaired) electrons. The molecule has 2 heteroatoms. The van der Waals surface area contributed by atoms with Gasteiger partial charge in [0.15, 0.2) is 0 Å². The van der Waals surface area contributed by atoms with E-state index in [1.807, 2.05) is 0 Å². The van der Waals surface area contributed by atoms with Crippen LogP contribution in [0.4, 0.5) is 0 Å². The number of nitrogens with zero attached hydrogens (tertiary/aromatic N) is 2. The maximum absolute atomic E-state index is 4.44. The standard InChI is InChI=1S/C8H16N2/c1-3-8-6-4-5-7-10(2)9-8/h3-7H2,1-2H3. The van der Waals surface area contributed by atoms with E-state index < -0.39 is 0 Å². The van der Waals surface area contributed by atoms with Crippen LogP contribution >= 0.6 is 0 Å². The average Bonchev–Trinajstić information content (AvgIpc) is 2.13. The predicted molar refractivity (Wildman–Crippen MR) is 44.2 cm³/mol. The number of hydrogen-bond acceptors (Lipinski definition) is 2. The summed E-state index contributed by atoms with van der Waals surface area (Å²) >= 11 is 0. The molecule has 0 fully saturated rings. The van der Waals surface area contributed by atoms with Crippen LogP contribution in [-0.2, 0) is 0 Å². The fourth-order valence-electron chi connectivity index (χ4n) is 1.26. The lowest BCUT2D eigenvalue weighted by Gasteiger charge is -2.09. The SMILES string of the molecule is CCC1=NN(C)CCCC1. The van der Waals surface area contributed by atoms with E-state index in [1.54, 1.807) is 0 Å². The third-order valence-corrected chi connectivity index (χ3v) is 1.92. The Morgan fingerprint density at radius 2 is 2.30 bits per heavy atom. The first-order valence-electron chi connectivity index (χ1n) is 4.10. The summed E-state index contributed by atoms with van der Waals surface area (Å²) in [6.45, 7) is 3.31. The molecule has 1 aliphatic heterocycles. The third-order valence-electron chi connectivity index (χ3n) is 1.92. The summed E-state index contributed by atoms with van der Waals surface area (Å²) < 4.78 is 0. The number of hydrazone groups is 1. The fourth-order valence-corrected chi connectivity index (χ4v) is 1.26. The Morgan fingerprint density at radius 3 is 3.00 bits per heavy atom. The molecule has 0 aromatic rings. The molecule has 0 saturated heterocycles. The molecular weight excluding hydrogens is 124 g/mol. The average molecular weight is 140 g/mol. The molecule has 0 atom stereocenters. The van der Waals surface area contributed by atoms with Gasteiger partial charge >= 0.3 is 0 Å². The first-order valence-corrected chi connectivity index (χ1v) is 4.10. The molecule has 0 aliphatic carbocycles. The van der Waals surface area contributed by atoms with E-state index in [0.717, 1.165) is 13.0 Å². The van der Waals surface area contributed by atoms with Crippen LogP contribution in [0.15, 0.2) is 5.10 Å². The summed E-state index contributed by atoms with van der Waals surface area (Å²) in [4.78, 5) is 0. The highest BCUT2D eigenvalue weighted by Crippen LogP contribution is 2.07. The minimum atomic E-state index is 1.12. The zero-order valence-corrected chi connectivity index (χ0v) is 6.93. The Morgan fingerprint density at radius 1 is 1.50 bits per heavy atom. The minimum Gasteiger partial charge on any atom is -0.300 e. The van der Waals surface area contributed by atoms with Crippen LogP contribution in [0.3, 0.4) is 0 Å². The summed E-state index contributed by atoms with van der Waals surface area (Å²) in [5, 5.41) is 6.51. The van der Waals surface area contributed by atoms with Gasteiger partial charge in [-0.25, -0.2) is 0 Å². The molecule has 1 heterocycles. The minimum absolute atomic E-state index is 1.12. The van der Waals surface area contributed by atoms with Gasteiger partial charge in [-0.15, -0.1) is 0 Å². The Balaban J connectivity index is 2.50. The topological polar surface area (TPSA) is 15.6 Å². The van der Waals surface area contributed by atoms with Crippen molar-refractivity contribution < 1.29 is 0 Å². The molecular formula is C8H16N2. The smallest absolute Gasteiger partial charge is 0.0378 e. The summed E-state index contributed by atoms with van der Waals surface area (Å²) in [7, 11) is 2.06. The summed E-state index contributed by atoms with van der Waals surface area (Å²) in [5.74, 6) is 0. The van der Waals surface area contributed by atoms with E-state index in [0.29, 0.717) is 0 Å². The van der Waals surface area contributed by atoms with Gasteiger partial charge in [-0.05, 0) is 25.7 Å². The third kappa shape index (κ3) is 2.01. The van der Waals surface area contributed by atoms with Crippen molar-refractivity contribution in [3.05, 3.63) is 0 Å². The first-order chi connectivity index (χ1) is 4.83. The Labute approximate surface area is 62.9 Å². The molecule has 0 bridgehead atoms. The largest absolute Gasteiger partial charge is 0.300 e. The molecule has 0 spiro atoms. The van der Waals surface area contributed by atoms with E-state index in [2.05, 4.69) is 24.1 Å². The van der Waals surface area contributed by atoms with Gasteiger partial charge in [0.1, 0.15) is 0 Å². The fraction of sp³-hybridized carbons (Fsp3) is 0.875. The van der Waals surface area contributed by atoms with Gasteiger partial charge in [0.05, 0.1) is 0 Å². The summed E-state index contributed by atoms with van der Waals surface area (Å²) in [6, 6.07) is 0. The van der Waals surface area contributed by atoms with Gasteiger partial charge in [0.2, 0.25) is 0 Å². The second kappa shape index (κ2) is 3.59. The van der Waals surface area contributed by atoms with Crippen molar-refractivity contribution in [1.82, 2.24) is 5.01 Å². The highest BCUT2D eigenvalue weighted by molar-refractivity contribution is 5.84. The highest BCUT2D eigenvalue weighted by Gasteiger charge is 2.04. The van der Waals surface area contributed by atoms with Gasteiger partial charge in [0.25, 0.3) is 0 Å². The highest BCUT2D eigenvalue weighted by atomic mass is 15.4. The van der Waals surface area contributed by atoms with Crippen molar-refractivity contribution in [2.75, 3.05) is 13.6 Å². The summed E-state index contributed by atoms with van der Waals surface area (Å²) in [6.07, 6.45) is 4.94. The zero-order valence-electron chi connectivity index (χ0n) is 6.93. The van der Waals surface area contributed by atoms with Crippen molar-refractivity contribution in [2.24, 2.45) is 5.10 Å². The van der Waals surface area contributed by atoms with E-state index >= 15 is 0 Å². The number of rotatable bonds is 1. The lowest BCUT2D eigenvalue weighted by atomic mass is 10.1. The van der Waals surface area contributed by atoms with Crippen LogP contribution in [0.5, 0.6) is 0 Å². The lowest BCUT2D eigenvalue weighted by Crippen LogP contribution is -2.11. The number of hydrogen-bond donors (Lipinski definition) is 0. The molecule has 1 rings (SSSR count). The molecule has 1 aliphatic rings. The Kier molecular flexibility index (Phi) is 2.72. The van der Waals surface area contributed by atoms with Gasteiger partial charge in [0, 0.05) is 19.3 Å². The van der Waals surface area contributed by atoms with Crippen molar-refractivity contribution in [3.63, 3.8) is 0 Å². The van der Waals surface area contributed by atoms with Crippen LogP contribution < -0.4 is 0 Å². The molecule has 2 nitrogen and oxygen atoms in total. The van der Waals surface area contributed by atoms with Crippen LogP contribution in [0.25, 0.3) is 0 Å². The molecule has 0 aromatic heterocycles. The molecule has 0 N–H and O–H groups in total. The molecule has 0 saturated carbocycles. The summed E-state index contributed by atoms with van der Waals surface area (Å²) in [5.41, 5.74) is 1.36. The molecule has 10 heavy (non-hydrogen) atoms. The second-order valence-electron chi connectivity index (χ2n) is 2.86. The van der Waals surface area contributed by atoms with Crippen molar-refractivity contribution in [2.45, 2.75) is 32.6 Å². The normalized spacial score (nSPS) is 20.2. The lowest BCUT2D eigenvalue weighted by molar-refractivity contribution is 0.354. The quantitative estimate of drug-likeness (QED) is 0.543. The monoisotopic (exact) mass is 140 g/mol. The second-order valence-corrected chi connectivity index (χ2v) is 2.86.